The van der Waals surface area contributed by atoms with E-state index in [1.807, 2.05) is 60.7 Å². The largest absolute Gasteiger partial charge is 0.231 e. The van der Waals surface area contributed by atoms with Gasteiger partial charge in [0.1, 0.15) is 5.69 Å². The average molecular weight is 804 g/mol. The van der Waals surface area contributed by atoms with E-state index in [1.54, 1.807) is 0 Å². The molecule has 0 unspecified atom stereocenters. The molecular formula is C58H37N5. The number of rotatable bonds is 7. The van der Waals surface area contributed by atoms with Gasteiger partial charge in [0, 0.05) is 44.3 Å². The van der Waals surface area contributed by atoms with Crippen LogP contribution in [-0.4, -0.2) is 24.6 Å². The fraction of sp³-hybridized carbons (Fsp3) is 0. The number of nitrogens with zero attached hydrogens (tertiary/aromatic N) is 5. The smallest absolute Gasteiger partial charge is 0.164 e. The fourth-order valence-corrected chi connectivity index (χ4v) is 9.17. The van der Waals surface area contributed by atoms with Gasteiger partial charge in [-0.2, -0.15) is 5.10 Å². The third kappa shape index (κ3) is 6.25. The van der Waals surface area contributed by atoms with E-state index in [4.69, 9.17) is 20.1 Å². The average Bonchev–Trinajstić information content (AvgIpc) is 3.77. The molecule has 12 rings (SSSR count). The standard InChI is InChI=1S/C58H37N5/c1-5-19-38(20-6-1)52-53(50-37-44-27-13-14-28-45(44)46-29-15-16-30-47(46)50)62-63-54(40-21-7-2-8-22-40)51(48-31-17-18-32-49(48)55(52)63)39-33-35-43(36-34-39)58-60-56(41-23-9-3-10-24-41)59-57(61-58)42-25-11-4-12-26-42/h1-37H. The summed E-state index contributed by atoms with van der Waals surface area (Å²) in [5.74, 6) is 1.88. The third-order valence-corrected chi connectivity index (χ3v) is 12.0. The minimum absolute atomic E-state index is 0.615. The van der Waals surface area contributed by atoms with Crippen LogP contribution in [0.3, 0.4) is 0 Å². The predicted octanol–water partition coefficient (Wildman–Crippen LogP) is 14.6. The Labute approximate surface area is 364 Å². The van der Waals surface area contributed by atoms with Crippen molar-refractivity contribution in [3.05, 3.63) is 224 Å². The van der Waals surface area contributed by atoms with Crippen molar-refractivity contribution in [2.24, 2.45) is 0 Å². The normalized spacial score (nSPS) is 11.5. The zero-order valence-corrected chi connectivity index (χ0v) is 34.1. The first-order valence-corrected chi connectivity index (χ1v) is 21.2. The van der Waals surface area contributed by atoms with Crippen LogP contribution in [0.15, 0.2) is 224 Å². The lowest BCUT2D eigenvalue weighted by Gasteiger charge is -2.18. The zero-order chi connectivity index (χ0) is 41.7. The Bertz CT molecular complexity index is 3580. The summed E-state index contributed by atoms with van der Waals surface area (Å²) in [6.45, 7) is 0. The molecule has 3 aromatic heterocycles. The number of aromatic nitrogens is 5. The summed E-state index contributed by atoms with van der Waals surface area (Å²) in [6.07, 6.45) is 0. The van der Waals surface area contributed by atoms with Crippen LogP contribution in [0, 0.1) is 0 Å². The Morgan fingerprint density at radius 2 is 0.714 bits per heavy atom. The first-order chi connectivity index (χ1) is 31.3. The van der Waals surface area contributed by atoms with Crippen molar-refractivity contribution < 1.29 is 0 Å². The van der Waals surface area contributed by atoms with Crippen molar-refractivity contribution in [3.63, 3.8) is 0 Å². The van der Waals surface area contributed by atoms with Crippen molar-refractivity contribution in [1.29, 1.82) is 0 Å². The van der Waals surface area contributed by atoms with Gasteiger partial charge in [-0.3, -0.25) is 0 Å². The van der Waals surface area contributed by atoms with Crippen LogP contribution < -0.4 is 0 Å². The van der Waals surface area contributed by atoms with Crippen molar-refractivity contribution >= 4 is 37.8 Å². The van der Waals surface area contributed by atoms with Gasteiger partial charge in [0.05, 0.1) is 11.2 Å². The number of pyridine rings is 1. The molecule has 63 heavy (non-hydrogen) atoms. The van der Waals surface area contributed by atoms with Crippen LogP contribution in [-0.2, 0) is 0 Å². The second kappa shape index (κ2) is 15.2. The Hall–Kier alpha value is -8.54. The second-order valence-electron chi connectivity index (χ2n) is 15.8. The van der Waals surface area contributed by atoms with Crippen LogP contribution in [0.2, 0.25) is 0 Å². The second-order valence-corrected chi connectivity index (χ2v) is 15.8. The lowest BCUT2D eigenvalue weighted by Crippen LogP contribution is -2.01. The van der Waals surface area contributed by atoms with Crippen molar-refractivity contribution in [2.75, 3.05) is 0 Å². The summed E-state index contributed by atoms with van der Waals surface area (Å²) in [7, 11) is 0. The number of hydrogen-bond acceptors (Lipinski definition) is 4. The van der Waals surface area contributed by atoms with E-state index >= 15 is 0 Å². The minimum atomic E-state index is 0.615. The van der Waals surface area contributed by atoms with E-state index in [-0.39, 0.29) is 0 Å². The molecule has 5 nitrogen and oxygen atoms in total. The molecule has 0 aliphatic carbocycles. The van der Waals surface area contributed by atoms with Crippen molar-refractivity contribution in [2.45, 2.75) is 0 Å². The van der Waals surface area contributed by atoms with Gasteiger partial charge in [0.15, 0.2) is 17.5 Å². The molecule has 12 aromatic rings. The molecule has 0 radical (unpaired) electrons. The third-order valence-electron chi connectivity index (χ3n) is 12.0. The number of hydrogen-bond donors (Lipinski definition) is 0. The van der Waals surface area contributed by atoms with Gasteiger partial charge in [-0.25, -0.2) is 19.5 Å². The Morgan fingerprint density at radius 3 is 1.30 bits per heavy atom. The monoisotopic (exact) mass is 803 g/mol. The molecule has 294 valence electrons. The van der Waals surface area contributed by atoms with Gasteiger partial charge < -0.3 is 0 Å². The molecule has 5 heteroatoms. The molecule has 0 saturated heterocycles. The molecule has 9 aromatic carbocycles. The SMILES string of the molecule is c1ccc(-c2nc(-c3ccccc3)nc(-c3ccc(-c4c(-c5ccccc5)n5nc(-c6cc7ccccc7c7ccccc67)c(-c6ccccc6)c5c5ccccc45)cc3)n2)cc1. The quantitative estimate of drug-likeness (QED) is 0.151. The highest BCUT2D eigenvalue weighted by Crippen LogP contribution is 2.47. The lowest BCUT2D eigenvalue weighted by atomic mass is 9.90. The maximum absolute atomic E-state index is 5.76. The molecule has 0 bridgehead atoms. The first-order valence-electron chi connectivity index (χ1n) is 21.2. The van der Waals surface area contributed by atoms with Crippen LogP contribution in [0.4, 0.5) is 0 Å². The zero-order valence-electron chi connectivity index (χ0n) is 34.1. The van der Waals surface area contributed by atoms with Crippen LogP contribution in [0.25, 0.3) is 117 Å². The van der Waals surface area contributed by atoms with Crippen LogP contribution in [0.5, 0.6) is 0 Å². The molecular weight excluding hydrogens is 767 g/mol. The van der Waals surface area contributed by atoms with Gasteiger partial charge in [-0.1, -0.05) is 218 Å². The molecule has 0 aliphatic heterocycles. The Balaban J connectivity index is 1.13. The van der Waals surface area contributed by atoms with E-state index < -0.39 is 0 Å². The highest BCUT2D eigenvalue weighted by atomic mass is 15.2. The van der Waals surface area contributed by atoms with Gasteiger partial charge >= 0.3 is 0 Å². The van der Waals surface area contributed by atoms with Crippen molar-refractivity contribution in [1.82, 2.24) is 24.6 Å². The Morgan fingerprint density at radius 1 is 0.302 bits per heavy atom. The molecule has 0 N–H and O–H groups in total. The minimum Gasteiger partial charge on any atom is -0.231 e. The highest BCUT2D eigenvalue weighted by Gasteiger charge is 2.26. The van der Waals surface area contributed by atoms with E-state index in [1.165, 1.54) is 21.5 Å². The first kappa shape index (κ1) is 36.3. The predicted molar refractivity (Wildman–Crippen MR) is 259 cm³/mol. The summed E-state index contributed by atoms with van der Waals surface area (Å²) in [6, 6.07) is 78.8. The van der Waals surface area contributed by atoms with E-state index in [0.717, 1.165) is 77.7 Å². The molecule has 0 spiro atoms. The number of benzene rings is 9. The summed E-state index contributed by atoms with van der Waals surface area (Å²) in [5.41, 5.74) is 12.3. The molecule has 0 atom stereocenters. The molecule has 0 saturated carbocycles. The topological polar surface area (TPSA) is 56.0 Å². The van der Waals surface area contributed by atoms with E-state index in [9.17, 15) is 0 Å². The summed E-state index contributed by atoms with van der Waals surface area (Å²) >= 11 is 0. The molecule has 0 fully saturated rings. The van der Waals surface area contributed by atoms with Gasteiger partial charge in [0.2, 0.25) is 0 Å². The van der Waals surface area contributed by atoms with Gasteiger partial charge in [0.25, 0.3) is 0 Å². The van der Waals surface area contributed by atoms with Crippen LogP contribution >= 0.6 is 0 Å². The number of fused-ring (bicyclic) bond motifs is 6. The summed E-state index contributed by atoms with van der Waals surface area (Å²) in [4.78, 5) is 15.0. The van der Waals surface area contributed by atoms with E-state index in [2.05, 4.69) is 168 Å². The fourth-order valence-electron chi connectivity index (χ4n) is 9.17. The summed E-state index contributed by atoms with van der Waals surface area (Å²) in [5, 5.41) is 12.8. The van der Waals surface area contributed by atoms with Crippen molar-refractivity contribution in [3.8, 4) is 78.9 Å². The molecule has 3 heterocycles. The van der Waals surface area contributed by atoms with Crippen LogP contribution in [0.1, 0.15) is 0 Å². The Kier molecular flexibility index (Phi) is 8.75. The maximum atomic E-state index is 5.76. The lowest BCUT2D eigenvalue weighted by molar-refractivity contribution is 0.981. The van der Waals surface area contributed by atoms with Gasteiger partial charge in [-0.15, -0.1) is 0 Å². The van der Waals surface area contributed by atoms with Gasteiger partial charge in [-0.05, 0) is 44.1 Å². The highest BCUT2D eigenvalue weighted by molar-refractivity contribution is 6.18. The maximum Gasteiger partial charge on any atom is 0.164 e. The molecule has 0 amide bonds. The molecule has 0 aliphatic rings. The summed E-state index contributed by atoms with van der Waals surface area (Å²) < 4.78 is 2.22. The van der Waals surface area contributed by atoms with E-state index in [0.29, 0.717) is 17.5 Å².